The number of anilines is 1. The molecule has 0 aliphatic carbocycles. The summed E-state index contributed by atoms with van der Waals surface area (Å²) in [6, 6.07) is 12.7. The molecule has 0 fully saturated rings. The number of esters is 1. The molecule has 0 radical (unpaired) electrons. The van der Waals surface area contributed by atoms with E-state index < -0.39 is 30.3 Å². The lowest BCUT2D eigenvalue weighted by Gasteiger charge is -2.11. The van der Waals surface area contributed by atoms with Crippen molar-refractivity contribution in [2.45, 2.75) is 13.5 Å². The highest BCUT2D eigenvalue weighted by Gasteiger charge is 2.36. The maximum Gasteiger partial charge on any atom is 0.338 e. The number of ether oxygens (including phenoxy) is 2. The molecule has 9 heteroatoms. The fraction of sp³-hybridized carbons (Fsp3) is 0.167. The molecule has 0 saturated carbocycles. The molecule has 1 aliphatic rings. The van der Waals surface area contributed by atoms with Gasteiger partial charge in [0.15, 0.2) is 6.61 Å². The zero-order chi connectivity index (χ0) is 23.5. The first-order valence-electron chi connectivity index (χ1n) is 10.0. The SMILES string of the molecule is COc1ccc(C)cc1NC(=O)COC(=O)c1ccc2c(c1)C(=O)N(Cc1ccco1)C2=O. The number of aryl methyl sites for hydroxylation is 1. The molecule has 0 saturated heterocycles. The van der Waals surface area contributed by atoms with Gasteiger partial charge < -0.3 is 19.2 Å². The van der Waals surface area contributed by atoms with E-state index in [-0.39, 0.29) is 23.2 Å². The molecule has 2 heterocycles. The van der Waals surface area contributed by atoms with Gasteiger partial charge in [-0.2, -0.15) is 0 Å². The van der Waals surface area contributed by atoms with Crippen LogP contribution in [0.4, 0.5) is 5.69 Å². The summed E-state index contributed by atoms with van der Waals surface area (Å²) in [4.78, 5) is 51.0. The first-order chi connectivity index (χ1) is 15.9. The molecule has 1 N–H and O–H groups in total. The minimum absolute atomic E-state index is 0.0122. The van der Waals surface area contributed by atoms with Crippen molar-refractivity contribution < 1.29 is 33.1 Å². The molecule has 0 atom stereocenters. The Kier molecular flexibility index (Phi) is 5.95. The number of methoxy groups -OCH3 is 1. The molecule has 1 aliphatic heterocycles. The number of rotatable bonds is 7. The summed E-state index contributed by atoms with van der Waals surface area (Å²) in [6.07, 6.45) is 1.45. The van der Waals surface area contributed by atoms with E-state index in [1.807, 2.05) is 13.0 Å². The largest absolute Gasteiger partial charge is 0.495 e. The molecule has 2 aromatic carbocycles. The van der Waals surface area contributed by atoms with E-state index in [9.17, 15) is 19.2 Å². The quantitative estimate of drug-likeness (QED) is 0.436. The van der Waals surface area contributed by atoms with Gasteiger partial charge in [-0.05, 0) is 55.0 Å². The number of hydrogen-bond donors (Lipinski definition) is 1. The number of nitrogens with zero attached hydrogens (tertiary/aromatic N) is 1. The lowest BCUT2D eigenvalue weighted by Crippen LogP contribution is -2.28. The summed E-state index contributed by atoms with van der Waals surface area (Å²) in [6.45, 7) is 1.32. The zero-order valence-electron chi connectivity index (χ0n) is 17.9. The number of carbonyl (C=O) groups excluding carboxylic acids is 4. The number of fused-ring (bicyclic) bond motifs is 1. The van der Waals surface area contributed by atoms with E-state index in [0.29, 0.717) is 17.2 Å². The van der Waals surface area contributed by atoms with Crippen LogP contribution in [0.2, 0.25) is 0 Å². The summed E-state index contributed by atoms with van der Waals surface area (Å²) in [5, 5.41) is 2.63. The third-order valence-electron chi connectivity index (χ3n) is 5.06. The van der Waals surface area contributed by atoms with Crippen LogP contribution in [0.25, 0.3) is 0 Å². The molecule has 3 amide bonds. The Balaban J connectivity index is 1.41. The Morgan fingerprint density at radius 2 is 1.82 bits per heavy atom. The maximum absolute atomic E-state index is 12.7. The monoisotopic (exact) mass is 448 g/mol. The van der Waals surface area contributed by atoms with E-state index in [1.54, 1.807) is 24.3 Å². The molecule has 1 aromatic heterocycles. The topological polar surface area (TPSA) is 115 Å². The van der Waals surface area contributed by atoms with Crippen LogP contribution in [-0.2, 0) is 16.1 Å². The van der Waals surface area contributed by atoms with E-state index in [1.165, 1.54) is 31.6 Å². The summed E-state index contributed by atoms with van der Waals surface area (Å²) in [5.74, 6) is -1.43. The normalized spacial score (nSPS) is 12.5. The Bertz CT molecular complexity index is 1250. The van der Waals surface area contributed by atoms with E-state index in [0.717, 1.165) is 10.5 Å². The van der Waals surface area contributed by atoms with Crippen LogP contribution in [0.3, 0.4) is 0 Å². The molecule has 0 spiro atoms. The lowest BCUT2D eigenvalue weighted by atomic mass is 10.1. The summed E-state index contributed by atoms with van der Waals surface area (Å²) in [5.41, 5.74) is 1.71. The van der Waals surface area contributed by atoms with Gasteiger partial charge in [0, 0.05) is 0 Å². The number of amides is 3. The molecule has 4 rings (SSSR count). The van der Waals surface area contributed by atoms with Crippen LogP contribution in [0.15, 0.2) is 59.2 Å². The Labute approximate surface area is 188 Å². The number of carbonyl (C=O) groups is 4. The predicted molar refractivity (Wildman–Crippen MR) is 116 cm³/mol. The van der Waals surface area contributed by atoms with E-state index in [4.69, 9.17) is 13.9 Å². The predicted octanol–water partition coefficient (Wildman–Crippen LogP) is 3.19. The molecule has 33 heavy (non-hydrogen) atoms. The first-order valence-corrected chi connectivity index (χ1v) is 10.0. The Hall–Kier alpha value is -4.40. The van der Waals surface area contributed by atoms with Crippen LogP contribution in [0.5, 0.6) is 5.75 Å². The van der Waals surface area contributed by atoms with E-state index >= 15 is 0 Å². The van der Waals surface area contributed by atoms with Crippen molar-refractivity contribution in [3.8, 4) is 5.75 Å². The number of furan rings is 1. The highest BCUT2D eigenvalue weighted by molar-refractivity contribution is 6.21. The van der Waals surface area contributed by atoms with Crippen LogP contribution in [0.1, 0.15) is 42.4 Å². The standard InChI is InChI=1S/C24H20N2O7/c1-14-5-8-20(31-2)19(10-14)25-21(27)13-33-24(30)15-6-7-17-18(11-15)23(29)26(22(17)28)12-16-4-3-9-32-16/h3-11H,12-13H2,1-2H3,(H,25,27). The van der Waals surface area contributed by atoms with Gasteiger partial charge in [0.05, 0.1) is 42.3 Å². The van der Waals surface area contributed by atoms with Crippen molar-refractivity contribution in [1.82, 2.24) is 4.90 Å². The molecular formula is C24H20N2O7. The third kappa shape index (κ3) is 4.47. The molecule has 0 unspecified atom stereocenters. The minimum atomic E-state index is -0.797. The van der Waals surface area contributed by atoms with Crippen molar-refractivity contribution >= 4 is 29.4 Å². The second-order valence-corrected chi connectivity index (χ2v) is 7.36. The molecule has 9 nitrogen and oxygen atoms in total. The van der Waals surface area contributed by atoms with Crippen LogP contribution in [0, 0.1) is 6.92 Å². The fourth-order valence-corrected chi connectivity index (χ4v) is 3.44. The Morgan fingerprint density at radius 1 is 1.03 bits per heavy atom. The molecule has 0 bridgehead atoms. The lowest BCUT2D eigenvalue weighted by molar-refractivity contribution is -0.119. The second kappa shape index (κ2) is 8.99. The van der Waals surface area contributed by atoms with E-state index in [2.05, 4.69) is 5.32 Å². The van der Waals surface area contributed by atoms with Crippen LogP contribution >= 0.6 is 0 Å². The summed E-state index contributed by atoms with van der Waals surface area (Å²) in [7, 11) is 1.48. The van der Waals surface area contributed by atoms with Gasteiger partial charge in [0.2, 0.25) is 0 Å². The van der Waals surface area contributed by atoms with Crippen LogP contribution in [-0.4, -0.2) is 42.3 Å². The average molecular weight is 448 g/mol. The van der Waals surface area contributed by atoms with Gasteiger partial charge in [-0.25, -0.2) is 4.79 Å². The molecular weight excluding hydrogens is 428 g/mol. The third-order valence-corrected chi connectivity index (χ3v) is 5.06. The van der Waals surface area contributed by atoms with Gasteiger partial charge in [-0.3, -0.25) is 19.3 Å². The second-order valence-electron chi connectivity index (χ2n) is 7.36. The van der Waals surface area contributed by atoms with Crippen molar-refractivity contribution in [3.05, 3.63) is 82.8 Å². The highest BCUT2D eigenvalue weighted by Crippen LogP contribution is 2.27. The van der Waals surface area contributed by atoms with Crippen LogP contribution < -0.4 is 10.1 Å². The molecule has 168 valence electrons. The van der Waals surface area contributed by atoms with Gasteiger partial charge in [-0.15, -0.1) is 0 Å². The van der Waals surface area contributed by atoms with Gasteiger partial charge >= 0.3 is 5.97 Å². The molecule has 3 aromatic rings. The number of benzene rings is 2. The Morgan fingerprint density at radius 3 is 2.55 bits per heavy atom. The minimum Gasteiger partial charge on any atom is -0.495 e. The smallest absolute Gasteiger partial charge is 0.338 e. The first kappa shape index (κ1) is 21.8. The summed E-state index contributed by atoms with van der Waals surface area (Å²) < 4.78 is 15.5. The van der Waals surface area contributed by atoms with Gasteiger partial charge in [0.25, 0.3) is 17.7 Å². The number of imide groups is 1. The fourth-order valence-electron chi connectivity index (χ4n) is 3.44. The zero-order valence-corrected chi connectivity index (χ0v) is 17.9. The highest BCUT2D eigenvalue weighted by atomic mass is 16.5. The average Bonchev–Trinajstić information content (AvgIpc) is 3.40. The number of nitrogens with one attached hydrogen (secondary N) is 1. The van der Waals surface area contributed by atoms with Gasteiger partial charge in [-0.1, -0.05) is 6.07 Å². The number of hydrogen-bond acceptors (Lipinski definition) is 7. The van der Waals surface area contributed by atoms with Crippen molar-refractivity contribution in [1.29, 1.82) is 0 Å². The van der Waals surface area contributed by atoms with Crippen molar-refractivity contribution in [3.63, 3.8) is 0 Å². The maximum atomic E-state index is 12.7. The van der Waals surface area contributed by atoms with Crippen molar-refractivity contribution in [2.24, 2.45) is 0 Å². The van der Waals surface area contributed by atoms with Gasteiger partial charge in [0.1, 0.15) is 11.5 Å². The van der Waals surface area contributed by atoms with Crippen molar-refractivity contribution in [2.75, 3.05) is 19.0 Å². The summed E-state index contributed by atoms with van der Waals surface area (Å²) >= 11 is 0.